The molecule has 1 aromatic heterocycles. The van der Waals surface area contributed by atoms with E-state index in [0.717, 1.165) is 18.3 Å². The Morgan fingerprint density at radius 1 is 1.27 bits per heavy atom. The molecule has 2 rings (SSSR count). The van der Waals surface area contributed by atoms with Gasteiger partial charge in [0.25, 0.3) is 5.56 Å². The van der Waals surface area contributed by atoms with Crippen LogP contribution in [0.15, 0.2) is 34.5 Å². The highest BCUT2D eigenvalue weighted by molar-refractivity contribution is 7.66. The average Bonchev–Trinajstić information content (AvgIpc) is 2.87. The fourth-order valence-corrected chi connectivity index (χ4v) is 5.51. The number of nitrogens with one attached hydrogen (secondary N) is 1. The third-order valence-corrected chi connectivity index (χ3v) is 7.37. The molecule has 0 radical (unpaired) electrons. The number of aromatic nitrogens is 2. The molecule has 0 bridgehead atoms. The van der Waals surface area contributed by atoms with Crippen molar-refractivity contribution in [3.8, 4) is 0 Å². The number of hydrogen-bond donors (Lipinski definition) is 5. The molecule has 0 aromatic carbocycles. The quantitative estimate of drug-likeness (QED) is 0.226. The summed E-state index contributed by atoms with van der Waals surface area (Å²) in [5.41, 5.74) is -3.57. The number of rotatable bonds is 9. The van der Waals surface area contributed by atoms with E-state index >= 15 is 0 Å². The molecule has 5 atom stereocenters. The first-order valence-electron chi connectivity index (χ1n) is 7.62. The van der Waals surface area contributed by atoms with Gasteiger partial charge in [0.05, 0.1) is 6.61 Å². The second kappa shape index (κ2) is 8.69. The Kier molecular flexibility index (Phi) is 7.24. The molecular formula is C11H16FN2O13P3. The van der Waals surface area contributed by atoms with Crippen molar-refractivity contribution in [3.05, 3.63) is 45.8 Å². The standard InChI is InChI=1S/C11H16FN2O13P3/c1-2-11(6-24-29(20,21)27-30(22,23)26-28(17,18)19)5-7(12)9(25-11)14-4-3-8(15)13-10(14)16/h2-4,7,9H,1,5-6H2,(H,20,21)(H,22,23)(H,13,15,16)(H2,17,18,19)/t7-,9+,11-/m0/s1. The highest BCUT2D eigenvalue weighted by Gasteiger charge is 2.49. The van der Waals surface area contributed by atoms with Gasteiger partial charge < -0.3 is 24.3 Å². The average molecular weight is 496 g/mol. The molecule has 19 heteroatoms. The molecule has 1 saturated heterocycles. The van der Waals surface area contributed by atoms with Gasteiger partial charge in [-0.05, 0) is 0 Å². The second-order valence-electron chi connectivity index (χ2n) is 5.88. The van der Waals surface area contributed by atoms with Crippen LogP contribution in [0.3, 0.4) is 0 Å². The van der Waals surface area contributed by atoms with Gasteiger partial charge in [-0.25, -0.2) is 22.9 Å². The number of halogens is 1. The van der Waals surface area contributed by atoms with Gasteiger partial charge in [-0.3, -0.25) is 18.9 Å². The molecule has 30 heavy (non-hydrogen) atoms. The van der Waals surface area contributed by atoms with Gasteiger partial charge in [0.1, 0.15) is 11.8 Å². The van der Waals surface area contributed by atoms with Crippen molar-refractivity contribution < 1.29 is 55.5 Å². The fourth-order valence-electron chi connectivity index (χ4n) is 2.43. The molecule has 5 N–H and O–H groups in total. The minimum Gasteiger partial charge on any atom is -0.342 e. The number of aromatic amines is 1. The lowest BCUT2D eigenvalue weighted by Crippen LogP contribution is -2.36. The monoisotopic (exact) mass is 496 g/mol. The van der Waals surface area contributed by atoms with Crippen LogP contribution in [-0.4, -0.2) is 47.5 Å². The molecule has 2 unspecified atom stereocenters. The first-order valence-corrected chi connectivity index (χ1v) is 12.1. The van der Waals surface area contributed by atoms with Gasteiger partial charge in [0.15, 0.2) is 6.23 Å². The van der Waals surface area contributed by atoms with Crippen LogP contribution in [0.25, 0.3) is 0 Å². The predicted octanol–water partition coefficient (Wildman–Crippen LogP) is 0.0617. The Hall–Kier alpha value is -1.28. The highest BCUT2D eigenvalue weighted by Crippen LogP contribution is 2.66. The van der Waals surface area contributed by atoms with Crippen molar-refractivity contribution >= 4 is 23.5 Å². The number of phosphoric ester groups is 1. The van der Waals surface area contributed by atoms with Crippen LogP contribution in [0.5, 0.6) is 0 Å². The third-order valence-electron chi connectivity index (χ3n) is 3.59. The molecule has 1 aliphatic rings. The number of nitrogens with zero attached hydrogens (tertiary/aromatic N) is 1. The van der Waals surface area contributed by atoms with E-state index < -0.39 is 65.7 Å². The van der Waals surface area contributed by atoms with Crippen molar-refractivity contribution in [2.45, 2.75) is 24.4 Å². The second-order valence-corrected chi connectivity index (χ2v) is 10.3. The number of hydrogen-bond acceptors (Lipinski definition) is 9. The molecule has 0 aliphatic carbocycles. The Balaban J connectivity index is 2.14. The largest absolute Gasteiger partial charge is 0.490 e. The van der Waals surface area contributed by atoms with Gasteiger partial charge in [-0.15, -0.1) is 6.58 Å². The number of alkyl halides is 1. The van der Waals surface area contributed by atoms with Crippen molar-refractivity contribution in [1.82, 2.24) is 9.55 Å². The maximum Gasteiger partial charge on any atom is 0.490 e. The van der Waals surface area contributed by atoms with Crippen LogP contribution in [0.4, 0.5) is 4.39 Å². The summed E-state index contributed by atoms with van der Waals surface area (Å²) in [6.07, 6.45) is -2.09. The normalized spacial score (nSPS) is 28.6. The third kappa shape index (κ3) is 6.61. The summed E-state index contributed by atoms with van der Waals surface area (Å²) in [6.45, 7) is 2.39. The van der Waals surface area contributed by atoms with Crippen LogP contribution in [0, 0.1) is 0 Å². The highest BCUT2D eigenvalue weighted by atomic mass is 31.3. The predicted molar refractivity (Wildman–Crippen MR) is 93.7 cm³/mol. The SMILES string of the molecule is C=C[C@@]1(COP(=O)(O)OP(=O)(O)OP(=O)(O)O)C[C@H](F)[C@H](n2ccc(=O)[nH]c2=O)O1. The maximum absolute atomic E-state index is 14.5. The fraction of sp³-hybridized carbons (Fsp3) is 0.455. The van der Waals surface area contributed by atoms with E-state index in [1.807, 2.05) is 4.98 Å². The summed E-state index contributed by atoms with van der Waals surface area (Å²) in [7, 11) is -16.8. The summed E-state index contributed by atoms with van der Waals surface area (Å²) < 4.78 is 65.9. The lowest BCUT2D eigenvalue weighted by atomic mass is 10.0. The lowest BCUT2D eigenvalue weighted by Gasteiger charge is -2.26. The molecule has 2 heterocycles. The van der Waals surface area contributed by atoms with Crippen molar-refractivity contribution in [2.24, 2.45) is 0 Å². The molecule has 1 fully saturated rings. The molecule has 0 saturated carbocycles. The zero-order chi connectivity index (χ0) is 23.0. The number of phosphoric acid groups is 3. The van der Waals surface area contributed by atoms with E-state index in [1.165, 1.54) is 0 Å². The van der Waals surface area contributed by atoms with E-state index in [0.29, 0.717) is 4.57 Å². The Morgan fingerprint density at radius 2 is 1.90 bits per heavy atom. The topological polar surface area (TPSA) is 224 Å². The number of H-pyrrole nitrogens is 1. The van der Waals surface area contributed by atoms with Gasteiger partial charge >= 0.3 is 29.2 Å². The van der Waals surface area contributed by atoms with E-state index in [-0.39, 0.29) is 0 Å². The van der Waals surface area contributed by atoms with E-state index in [4.69, 9.17) is 19.4 Å². The minimum atomic E-state index is -5.73. The van der Waals surface area contributed by atoms with E-state index in [9.17, 15) is 32.6 Å². The summed E-state index contributed by atoms with van der Waals surface area (Å²) in [6, 6.07) is 0.928. The molecule has 15 nitrogen and oxygen atoms in total. The van der Waals surface area contributed by atoms with Crippen LogP contribution >= 0.6 is 23.5 Å². The van der Waals surface area contributed by atoms with Gasteiger partial charge in [-0.1, -0.05) is 6.08 Å². The van der Waals surface area contributed by atoms with E-state index in [1.54, 1.807) is 0 Å². The van der Waals surface area contributed by atoms with Crippen LogP contribution < -0.4 is 11.2 Å². The van der Waals surface area contributed by atoms with Gasteiger partial charge in [0, 0.05) is 18.7 Å². The molecular weight excluding hydrogens is 480 g/mol. The Labute approximate surface area is 166 Å². The van der Waals surface area contributed by atoms with Crippen molar-refractivity contribution in [2.75, 3.05) is 6.61 Å². The zero-order valence-electron chi connectivity index (χ0n) is 14.6. The molecule has 1 aliphatic heterocycles. The van der Waals surface area contributed by atoms with Crippen molar-refractivity contribution in [1.29, 1.82) is 0 Å². The molecule has 1 aromatic rings. The maximum atomic E-state index is 14.5. The first kappa shape index (κ1) is 25.0. The Bertz CT molecular complexity index is 1060. The number of ether oxygens (including phenoxy) is 1. The van der Waals surface area contributed by atoms with Gasteiger partial charge in [-0.2, -0.15) is 8.62 Å². The summed E-state index contributed by atoms with van der Waals surface area (Å²) in [5.74, 6) is 0. The van der Waals surface area contributed by atoms with Gasteiger partial charge in [0.2, 0.25) is 0 Å². The smallest absolute Gasteiger partial charge is 0.342 e. The zero-order valence-corrected chi connectivity index (χ0v) is 17.3. The molecule has 170 valence electrons. The molecule has 0 spiro atoms. The van der Waals surface area contributed by atoms with Crippen LogP contribution in [0.2, 0.25) is 0 Å². The first-order chi connectivity index (χ1) is 13.6. The lowest BCUT2D eigenvalue weighted by molar-refractivity contribution is -0.0780. The van der Waals surface area contributed by atoms with Crippen molar-refractivity contribution in [3.63, 3.8) is 0 Å². The van der Waals surface area contributed by atoms with Crippen LogP contribution in [0.1, 0.15) is 12.6 Å². The summed E-state index contributed by atoms with van der Waals surface area (Å²) in [4.78, 5) is 60.4. The van der Waals surface area contributed by atoms with E-state index in [2.05, 4.69) is 19.7 Å². The minimum absolute atomic E-state index is 0.553. The summed E-state index contributed by atoms with van der Waals surface area (Å²) >= 11 is 0. The molecule has 0 amide bonds. The summed E-state index contributed by atoms with van der Waals surface area (Å²) in [5, 5.41) is 0. The van der Waals surface area contributed by atoms with Crippen LogP contribution in [-0.2, 0) is 31.6 Å². The Morgan fingerprint density at radius 3 is 2.43 bits per heavy atom.